The minimum absolute atomic E-state index is 0. The van der Waals surface area contributed by atoms with Gasteiger partial charge in [-0.05, 0) is 75.9 Å². The molecular weight excluding hydrogens is 882 g/mol. The molecule has 6 heterocycles. The third-order valence-corrected chi connectivity index (χ3v) is 10.3. The topological polar surface area (TPSA) is 241 Å². The maximum Gasteiger partial charge on any atom is 0.338 e. The van der Waals surface area contributed by atoms with Crippen LogP contribution in [0, 0.1) is 34.3 Å². The number of benzene rings is 2. The van der Waals surface area contributed by atoms with Gasteiger partial charge in [0.05, 0.1) is 56.7 Å². The largest absolute Gasteiger partial charge is 0.490 e. The zero-order valence-corrected chi connectivity index (χ0v) is 36.9. The van der Waals surface area contributed by atoms with Gasteiger partial charge in [-0.25, -0.2) is 23.5 Å². The Labute approximate surface area is 383 Å². The van der Waals surface area contributed by atoms with Crippen molar-refractivity contribution in [2.45, 2.75) is 63.8 Å². The molecule has 2 saturated heterocycles. The molecule has 2 fully saturated rings. The van der Waals surface area contributed by atoms with Gasteiger partial charge in [0.1, 0.15) is 46.8 Å². The SMILES string of the molecule is COc1c(C#N)ccnc1O[C@@H]1CC[C@@H](C)N(C(=O)c2cccc(F)c2-n2nccn2)C1.COc1c(C#N)ccnc1O[C@@H]1CC[C@@H](C)NC1.Cl.O=C(O)c1cccc(F)c1-n1nccn1. The van der Waals surface area contributed by atoms with Crippen LogP contribution in [0.25, 0.3) is 11.4 Å². The van der Waals surface area contributed by atoms with Crippen LogP contribution in [0.15, 0.2) is 85.7 Å². The number of carboxylic acids is 1. The number of hydrogen-bond acceptors (Lipinski definition) is 15. The number of carbonyl (C=O) groups excluding carboxylic acids is 1. The number of piperidine rings is 2. The molecule has 6 aromatic rings. The molecule has 0 bridgehead atoms. The van der Waals surface area contributed by atoms with E-state index in [0.717, 1.165) is 35.0 Å². The molecule has 4 atom stereocenters. The lowest BCUT2D eigenvalue weighted by Gasteiger charge is -2.38. The second-order valence-electron chi connectivity index (χ2n) is 14.6. The Morgan fingerprint density at radius 3 is 1.67 bits per heavy atom. The van der Waals surface area contributed by atoms with E-state index in [1.807, 2.05) is 13.0 Å². The van der Waals surface area contributed by atoms with Gasteiger partial charge < -0.3 is 34.3 Å². The van der Waals surface area contributed by atoms with Crippen LogP contribution < -0.4 is 24.3 Å². The maximum atomic E-state index is 14.6. The molecule has 0 spiro atoms. The fourth-order valence-corrected chi connectivity index (χ4v) is 7.04. The van der Waals surface area contributed by atoms with Gasteiger partial charge in [0.2, 0.25) is 0 Å². The maximum absolute atomic E-state index is 14.6. The van der Waals surface area contributed by atoms with Crippen molar-refractivity contribution >= 4 is 24.3 Å². The number of carboxylic acid groups (broad SMARTS) is 1. The summed E-state index contributed by atoms with van der Waals surface area (Å²) in [6.45, 7) is 5.16. The van der Waals surface area contributed by atoms with Gasteiger partial charge in [-0.15, -0.1) is 22.0 Å². The molecule has 2 aliphatic heterocycles. The van der Waals surface area contributed by atoms with Crippen molar-refractivity contribution in [3.63, 3.8) is 0 Å². The van der Waals surface area contributed by atoms with Crippen LogP contribution in [0.5, 0.6) is 23.3 Å². The van der Waals surface area contributed by atoms with Gasteiger partial charge in [-0.1, -0.05) is 12.1 Å². The Balaban J connectivity index is 0.000000203. The highest BCUT2D eigenvalue weighted by atomic mass is 35.5. The van der Waals surface area contributed by atoms with Gasteiger partial charge in [-0.2, -0.15) is 30.9 Å². The van der Waals surface area contributed by atoms with Gasteiger partial charge >= 0.3 is 5.97 Å². The minimum atomic E-state index is -1.22. The van der Waals surface area contributed by atoms with Crippen LogP contribution >= 0.6 is 12.4 Å². The molecule has 0 unspecified atom stereocenters. The number of nitriles is 2. The zero-order valence-electron chi connectivity index (χ0n) is 36.1. The molecule has 4 aromatic heterocycles. The highest BCUT2D eigenvalue weighted by Gasteiger charge is 2.34. The number of halogens is 3. The number of aromatic nitrogens is 8. The van der Waals surface area contributed by atoms with Gasteiger partial charge in [0.25, 0.3) is 17.7 Å². The number of methoxy groups -OCH3 is 2. The van der Waals surface area contributed by atoms with E-state index >= 15 is 0 Å². The summed E-state index contributed by atoms with van der Waals surface area (Å²) >= 11 is 0. The number of likely N-dealkylation sites (tertiary alicyclic amines) is 1. The van der Waals surface area contributed by atoms with E-state index in [-0.39, 0.29) is 77.2 Å². The first-order valence-electron chi connectivity index (χ1n) is 20.2. The van der Waals surface area contributed by atoms with E-state index < -0.39 is 17.6 Å². The van der Waals surface area contributed by atoms with Crippen LogP contribution in [0.3, 0.4) is 0 Å². The minimum Gasteiger partial charge on any atom is -0.490 e. The summed E-state index contributed by atoms with van der Waals surface area (Å²) in [4.78, 5) is 36.3. The van der Waals surface area contributed by atoms with Crippen molar-refractivity contribution in [1.29, 1.82) is 10.5 Å². The number of nitrogens with one attached hydrogen (secondary N) is 1. The second-order valence-corrected chi connectivity index (χ2v) is 14.6. The first-order valence-corrected chi connectivity index (χ1v) is 20.2. The summed E-state index contributed by atoms with van der Waals surface area (Å²) in [5.41, 5.74) is 0.588. The van der Waals surface area contributed by atoms with Crippen LogP contribution in [0.4, 0.5) is 8.78 Å². The van der Waals surface area contributed by atoms with Gasteiger partial charge in [0.15, 0.2) is 23.1 Å². The Morgan fingerprint density at radius 1 is 0.712 bits per heavy atom. The molecular formula is C44H45ClF2N12O7. The van der Waals surface area contributed by atoms with Crippen molar-refractivity contribution in [1.82, 2.24) is 50.2 Å². The van der Waals surface area contributed by atoms with Crippen LogP contribution in [0.1, 0.15) is 71.4 Å². The van der Waals surface area contributed by atoms with Gasteiger partial charge in [-0.3, -0.25) is 4.79 Å². The monoisotopic (exact) mass is 926 g/mol. The Kier molecular flexibility index (Phi) is 17.4. The average molecular weight is 927 g/mol. The molecule has 2 aliphatic rings. The summed E-state index contributed by atoms with van der Waals surface area (Å²) in [5, 5.41) is 45.8. The van der Waals surface area contributed by atoms with Gasteiger partial charge in [0, 0.05) is 31.0 Å². The predicted molar refractivity (Wildman–Crippen MR) is 233 cm³/mol. The highest BCUT2D eigenvalue weighted by Crippen LogP contribution is 2.32. The molecule has 2 N–H and O–H groups in total. The first-order chi connectivity index (χ1) is 31.5. The summed E-state index contributed by atoms with van der Waals surface area (Å²) in [5.74, 6) is -1.56. The molecule has 66 heavy (non-hydrogen) atoms. The number of rotatable bonds is 10. The fraction of sp³-hybridized carbons (Fsp3) is 0.318. The molecule has 2 aromatic carbocycles. The van der Waals surface area contributed by atoms with E-state index in [4.69, 9.17) is 29.3 Å². The van der Waals surface area contributed by atoms with Crippen molar-refractivity contribution in [2.24, 2.45) is 0 Å². The molecule has 19 nitrogen and oxygen atoms in total. The highest BCUT2D eigenvalue weighted by molar-refractivity contribution is 5.98. The lowest BCUT2D eigenvalue weighted by molar-refractivity contribution is 0.0365. The van der Waals surface area contributed by atoms with Crippen LogP contribution in [-0.4, -0.2) is 113 Å². The number of carbonyl (C=O) groups is 2. The third-order valence-electron chi connectivity index (χ3n) is 10.3. The van der Waals surface area contributed by atoms with Crippen LogP contribution in [-0.2, 0) is 0 Å². The zero-order chi connectivity index (χ0) is 46.5. The van der Waals surface area contributed by atoms with E-state index in [0.29, 0.717) is 41.6 Å². The summed E-state index contributed by atoms with van der Waals surface area (Å²) in [6, 6.07) is 15.8. The number of para-hydroxylation sites is 2. The third kappa shape index (κ3) is 11.7. The van der Waals surface area contributed by atoms with E-state index in [9.17, 15) is 23.6 Å². The smallest absolute Gasteiger partial charge is 0.338 e. The van der Waals surface area contributed by atoms with E-state index in [1.165, 1.54) is 69.5 Å². The molecule has 0 aliphatic carbocycles. The van der Waals surface area contributed by atoms with Crippen molar-refractivity contribution in [3.05, 3.63) is 120 Å². The average Bonchev–Trinajstić information content (AvgIpc) is 4.06. The normalized spacial score (nSPS) is 17.4. The number of nitrogens with zero attached hydrogens (tertiary/aromatic N) is 11. The first kappa shape index (κ1) is 49.3. The standard InChI is InChI=1S/C22H21FN6O3.C13H17N3O2.C9H6FN3O2.ClH/c1-14-6-7-16(32-21-20(31-2)15(12-24)8-9-25-21)13-28(14)22(30)17-4-3-5-18(23)19(17)29-26-10-11-27-29;1-9-3-4-11(8-16-9)18-13-12(17-2)10(7-14)5-6-15-13;10-7-3-1-2-6(9(14)15)8(7)13-11-4-5-12-13;/h3-5,8-11,14,16H,6-7,13H2,1-2H3;5-6,9,11,16H,3-4,8H2,1-2H3;1-5H,(H,14,15);1H/t14-,16-;9-,11-;;/m11../s1. The molecule has 1 amide bonds. The Morgan fingerprint density at radius 2 is 1.20 bits per heavy atom. The van der Waals surface area contributed by atoms with E-state index in [1.54, 1.807) is 29.3 Å². The molecule has 0 saturated carbocycles. The number of aromatic carboxylic acids is 1. The molecule has 0 radical (unpaired) electrons. The van der Waals surface area contributed by atoms with Crippen molar-refractivity contribution < 1.29 is 42.4 Å². The molecule has 22 heteroatoms. The number of amides is 1. The van der Waals surface area contributed by atoms with E-state index in [2.05, 4.69) is 48.7 Å². The van der Waals surface area contributed by atoms with Crippen LogP contribution in [0.2, 0.25) is 0 Å². The summed E-state index contributed by atoms with van der Waals surface area (Å²) in [7, 11) is 2.96. The second kappa shape index (κ2) is 23.3. The summed E-state index contributed by atoms with van der Waals surface area (Å²) in [6.07, 6.45) is 11.7. The lowest BCUT2D eigenvalue weighted by Crippen LogP contribution is -2.49. The van der Waals surface area contributed by atoms with Crippen molar-refractivity contribution in [3.8, 4) is 46.8 Å². The quantitative estimate of drug-likeness (QED) is 0.166. The Bertz CT molecular complexity index is 2660. The lowest BCUT2D eigenvalue weighted by atomic mass is 9.99. The predicted octanol–water partition coefficient (Wildman–Crippen LogP) is 5.76. The molecule has 344 valence electrons. The number of ether oxygens (including phenoxy) is 4. The molecule has 8 rings (SSSR count). The number of hydrogen-bond donors (Lipinski definition) is 2. The van der Waals surface area contributed by atoms with Crippen molar-refractivity contribution in [2.75, 3.05) is 27.3 Å². The number of pyridine rings is 2. The summed E-state index contributed by atoms with van der Waals surface area (Å²) < 4.78 is 50.4. The fourth-order valence-electron chi connectivity index (χ4n) is 7.04. The Hall–Kier alpha value is -7.75.